The zero-order chi connectivity index (χ0) is 12.7. The predicted octanol–water partition coefficient (Wildman–Crippen LogP) is 1.71. The van der Waals surface area contributed by atoms with Gasteiger partial charge in [0.25, 0.3) is 5.91 Å². The molecule has 1 atom stereocenters. The van der Waals surface area contributed by atoms with Gasteiger partial charge in [-0.3, -0.25) is 4.79 Å². The van der Waals surface area contributed by atoms with Crippen LogP contribution in [0.2, 0.25) is 0 Å². The van der Waals surface area contributed by atoms with Crippen molar-refractivity contribution in [2.75, 3.05) is 13.7 Å². The molecular weight excluding hydrogens is 216 g/mol. The Hall–Kier alpha value is -1.86. The normalized spacial score (nSPS) is 11.6. The molecule has 0 aliphatic rings. The number of methoxy groups -OCH3 is 1. The third kappa shape index (κ3) is 3.89. The highest BCUT2D eigenvalue weighted by Gasteiger charge is 2.12. The van der Waals surface area contributed by atoms with E-state index in [-0.39, 0.29) is 11.9 Å². The average molecular weight is 232 g/mol. The molecule has 1 aromatic rings. The smallest absolute Gasteiger partial charge is 0.251 e. The van der Waals surface area contributed by atoms with Gasteiger partial charge in [0.05, 0.1) is 24.3 Å². The molecule has 90 valence electrons. The Balaban J connectivity index is 2.72. The summed E-state index contributed by atoms with van der Waals surface area (Å²) >= 11 is 0. The Kier molecular flexibility index (Phi) is 5.18. The first-order chi connectivity index (χ1) is 8.21. The lowest BCUT2D eigenvalue weighted by Gasteiger charge is -2.15. The fourth-order valence-corrected chi connectivity index (χ4v) is 1.46. The molecule has 1 N–H and O–H groups in total. The van der Waals surface area contributed by atoms with Crippen molar-refractivity contribution in [3.63, 3.8) is 0 Å². The van der Waals surface area contributed by atoms with Crippen LogP contribution < -0.4 is 5.32 Å². The summed E-state index contributed by atoms with van der Waals surface area (Å²) in [5.74, 6) is -0.175. The second kappa shape index (κ2) is 6.66. The van der Waals surface area contributed by atoms with Crippen molar-refractivity contribution in [1.82, 2.24) is 5.32 Å². The highest BCUT2D eigenvalue weighted by atomic mass is 16.5. The number of nitrogens with zero attached hydrogens (tertiary/aromatic N) is 1. The second-order valence-corrected chi connectivity index (χ2v) is 3.73. The monoisotopic (exact) mass is 232 g/mol. The van der Waals surface area contributed by atoms with Crippen LogP contribution in [-0.2, 0) is 4.74 Å². The van der Waals surface area contributed by atoms with Crippen molar-refractivity contribution in [3.8, 4) is 6.07 Å². The van der Waals surface area contributed by atoms with Gasteiger partial charge in [-0.1, -0.05) is 13.0 Å². The average Bonchev–Trinajstić information content (AvgIpc) is 2.38. The maximum absolute atomic E-state index is 11.9. The molecule has 0 aromatic heterocycles. The molecule has 0 saturated carbocycles. The summed E-state index contributed by atoms with van der Waals surface area (Å²) in [5.41, 5.74) is 0.982. The molecule has 0 aliphatic carbocycles. The van der Waals surface area contributed by atoms with Crippen molar-refractivity contribution in [2.24, 2.45) is 0 Å². The maximum Gasteiger partial charge on any atom is 0.251 e. The van der Waals surface area contributed by atoms with Gasteiger partial charge in [0.1, 0.15) is 0 Å². The first kappa shape index (κ1) is 13.2. The molecule has 0 bridgehead atoms. The summed E-state index contributed by atoms with van der Waals surface area (Å²) < 4.78 is 5.01. The number of amides is 1. The lowest BCUT2D eigenvalue weighted by molar-refractivity contribution is 0.0894. The van der Waals surface area contributed by atoms with E-state index in [2.05, 4.69) is 5.32 Å². The minimum absolute atomic E-state index is 0.00163. The molecule has 1 amide bonds. The van der Waals surface area contributed by atoms with Crippen LogP contribution in [0.15, 0.2) is 24.3 Å². The van der Waals surface area contributed by atoms with E-state index in [9.17, 15) is 4.79 Å². The Bertz CT molecular complexity index is 424. The van der Waals surface area contributed by atoms with Crippen LogP contribution in [0.25, 0.3) is 0 Å². The molecule has 0 heterocycles. The summed E-state index contributed by atoms with van der Waals surface area (Å²) in [7, 11) is 1.60. The highest BCUT2D eigenvalue weighted by molar-refractivity contribution is 5.94. The number of carbonyl (C=O) groups excluding carboxylic acids is 1. The van der Waals surface area contributed by atoms with Crippen molar-refractivity contribution >= 4 is 5.91 Å². The van der Waals surface area contributed by atoms with Crippen LogP contribution in [0.5, 0.6) is 0 Å². The number of hydrogen-bond donors (Lipinski definition) is 1. The van der Waals surface area contributed by atoms with Crippen LogP contribution in [0.1, 0.15) is 29.3 Å². The lowest BCUT2D eigenvalue weighted by atomic mass is 10.1. The molecule has 0 radical (unpaired) electrons. The molecule has 17 heavy (non-hydrogen) atoms. The van der Waals surface area contributed by atoms with Crippen molar-refractivity contribution in [2.45, 2.75) is 19.4 Å². The van der Waals surface area contributed by atoms with Crippen LogP contribution >= 0.6 is 0 Å². The molecule has 0 saturated heterocycles. The van der Waals surface area contributed by atoms with Crippen LogP contribution in [0.4, 0.5) is 0 Å². The number of benzene rings is 1. The largest absolute Gasteiger partial charge is 0.383 e. The van der Waals surface area contributed by atoms with Crippen LogP contribution in [0, 0.1) is 11.3 Å². The number of ether oxygens (including phenoxy) is 1. The summed E-state index contributed by atoms with van der Waals surface area (Å²) in [4.78, 5) is 11.9. The van der Waals surface area contributed by atoms with E-state index in [1.165, 1.54) is 0 Å². The summed E-state index contributed by atoms with van der Waals surface area (Å²) in [6.07, 6.45) is 0.803. The number of hydrogen-bond acceptors (Lipinski definition) is 3. The van der Waals surface area contributed by atoms with E-state index in [0.717, 1.165) is 6.42 Å². The molecule has 0 spiro atoms. The first-order valence-electron chi connectivity index (χ1n) is 5.51. The maximum atomic E-state index is 11.9. The molecule has 0 fully saturated rings. The fourth-order valence-electron chi connectivity index (χ4n) is 1.46. The van der Waals surface area contributed by atoms with Crippen molar-refractivity contribution < 1.29 is 9.53 Å². The second-order valence-electron chi connectivity index (χ2n) is 3.73. The number of nitriles is 1. The zero-order valence-corrected chi connectivity index (χ0v) is 10.1. The van der Waals surface area contributed by atoms with E-state index in [1.54, 1.807) is 31.4 Å². The Morgan fingerprint density at radius 2 is 2.35 bits per heavy atom. The topological polar surface area (TPSA) is 62.1 Å². The van der Waals surface area contributed by atoms with E-state index >= 15 is 0 Å². The minimum Gasteiger partial charge on any atom is -0.383 e. The van der Waals surface area contributed by atoms with Gasteiger partial charge in [0.15, 0.2) is 0 Å². The van der Waals surface area contributed by atoms with Gasteiger partial charge < -0.3 is 10.1 Å². The molecule has 4 nitrogen and oxygen atoms in total. The summed E-state index contributed by atoms with van der Waals surface area (Å²) in [6.45, 7) is 2.47. The Labute approximate surface area is 101 Å². The van der Waals surface area contributed by atoms with Gasteiger partial charge >= 0.3 is 0 Å². The molecule has 1 unspecified atom stereocenters. The van der Waals surface area contributed by atoms with Gasteiger partial charge in [0, 0.05) is 12.7 Å². The van der Waals surface area contributed by atoms with Crippen molar-refractivity contribution in [1.29, 1.82) is 5.26 Å². The third-order valence-corrected chi connectivity index (χ3v) is 2.45. The zero-order valence-electron chi connectivity index (χ0n) is 10.1. The minimum atomic E-state index is -0.175. The summed E-state index contributed by atoms with van der Waals surface area (Å²) in [6, 6.07) is 8.65. The number of carbonyl (C=O) groups is 1. The lowest BCUT2D eigenvalue weighted by Crippen LogP contribution is -2.37. The predicted molar refractivity (Wildman–Crippen MR) is 64.6 cm³/mol. The summed E-state index contributed by atoms with van der Waals surface area (Å²) in [5, 5.41) is 11.6. The standard InChI is InChI=1S/C13H16N2O2/c1-3-12(9-17-2)15-13(16)11-6-4-5-10(7-11)8-14/h4-7,12H,3,9H2,1-2H3,(H,15,16). The molecule has 1 aromatic carbocycles. The van der Waals surface area contributed by atoms with Gasteiger partial charge in [-0.2, -0.15) is 5.26 Å². The highest BCUT2D eigenvalue weighted by Crippen LogP contribution is 2.05. The van der Waals surface area contributed by atoms with Crippen molar-refractivity contribution in [3.05, 3.63) is 35.4 Å². The van der Waals surface area contributed by atoms with E-state index in [1.807, 2.05) is 13.0 Å². The van der Waals surface area contributed by atoms with Gasteiger partial charge in [0.2, 0.25) is 0 Å². The quantitative estimate of drug-likeness (QED) is 0.840. The van der Waals surface area contributed by atoms with Crippen LogP contribution in [0.3, 0.4) is 0 Å². The van der Waals surface area contributed by atoms with Crippen LogP contribution in [-0.4, -0.2) is 25.7 Å². The third-order valence-electron chi connectivity index (χ3n) is 2.45. The van der Waals surface area contributed by atoms with E-state index < -0.39 is 0 Å². The molecule has 4 heteroatoms. The molecule has 1 rings (SSSR count). The molecule has 0 aliphatic heterocycles. The van der Waals surface area contributed by atoms with Gasteiger partial charge in [-0.05, 0) is 24.6 Å². The van der Waals surface area contributed by atoms with E-state index in [0.29, 0.717) is 17.7 Å². The fraction of sp³-hybridized carbons (Fsp3) is 0.385. The number of nitrogens with one attached hydrogen (secondary N) is 1. The van der Waals surface area contributed by atoms with Gasteiger partial charge in [-0.15, -0.1) is 0 Å². The van der Waals surface area contributed by atoms with E-state index in [4.69, 9.17) is 10.00 Å². The Morgan fingerprint density at radius 1 is 1.59 bits per heavy atom. The SMILES string of the molecule is CCC(COC)NC(=O)c1cccc(C#N)c1. The van der Waals surface area contributed by atoms with Gasteiger partial charge in [-0.25, -0.2) is 0 Å². The number of rotatable bonds is 5. The Morgan fingerprint density at radius 3 is 2.94 bits per heavy atom. The molecular formula is C13H16N2O2. The first-order valence-corrected chi connectivity index (χ1v) is 5.51.